The van der Waals surface area contributed by atoms with Crippen LogP contribution >= 0.6 is 0 Å². The maximum atomic E-state index is 11.8. The number of hydrogen-bond donors (Lipinski definition) is 1. The highest BCUT2D eigenvalue weighted by Crippen LogP contribution is 2.42. The number of imidazole rings is 1. The monoisotopic (exact) mass is 490 g/mol. The van der Waals surface area contributed by atoms with Crippen molar-refractivity contribution >= 4 is 16.9 Å². The van der Waals surface area contributed by atoms with Crippen LogP contribution in [0.15, 0.2) is 30.9 Å². The summed E-state index contributed by atoms with van der Waals surface area (Å²) < 4.78 is 16.4. The first-order chi connectivity index (χ1) is 17.6. The fourth-order valence-corrected chi connectivity index (χ4v) is 5.91. The van der Waals surface area contributed by atoms with Crippen molar-refractivity contribution in [3.8, 4) is 16.9 Å². The van der Waals surface area contributed by atoms with Gasteiger partial charge in [0.1, 0.15) is 17.4 Å². The van der Waals surface area contributed by atoms with Crippen LogP contribution in [-0.4, -0.2) is 75.1 Å². The molecule has 3 aromatic rings. The second kappa shape index (κ2) is 8.88. The first-order valence-electron chi connectivity index (χ1n) is 13.4. The number of nitrogens with zero attached hydrogens (tertiary/aromatic N) is 5. The van der Waals surface area contributed by atoms with Crippen LogP contribution in [0.5, 0.6) is 5.75 Å². The number of nitrogens with one attached hydrogen (secondary N) is 1. The number of carbonyl (C=O) groups excluding carboxylic acids is 1. The van der Waals surface area contributed by atoms with E-state index >= 15 is 0 Å². The fourth-order valence-electron chi connectivity index (χ4n) is 5.91. The van der Waals surface area contributed by atoms with Gasteiger partial charge >= 0.3 is 0 Å². The zero-order valence-electron chi connectivity index (χ0n) is 20.8. The van der Waals surface area contributed by atoms with Crippen molar-refractivity contribution in [1.82, 2.24) is 29.5 Å². The number of fused-ring (bicyclic) bond motifs is 1. The zero-order valence-corrected chi connectivity index (χ0v) is 20.8. The van der Waals surface area contributed by atoms with Gasteiger partial charge in [0, 0.05) is 49.8 Å². The lowest BCUT2D eigenvalue weighted by Crippen LogP contribution is -2.51. The van der Waals surface area contributed by atoms with Gasteiger partial charge in [-0.1, -0.05) is 0 Å². The molecule has 1 amide bonds. The van der Waals surface area contributed by atoms with Gasteiger partial charge in [-0.2, -0.15) is 5.10 Å². The minimum absolute atomic E-state index is 0.0704. The Kier molecular flexibility index (Phi) is 5.50. The molecule has 0 bridgehead atoms. The number of rotatable bonds is 7. The lowest BCUT2D eigenvalue weighted by molar-refractivity contribution is -0.119. The van der Waals surface area contributed by atoms with Crippen LogP contribution in [0.1, 0.15) is 51.1 Å². The van der Waals surface area contributed by atoms with Crippen LogP contribution in [-0.2, 0) is 9.53 Å². The number of aromatic nitrogens is 4. The Bertz CT molecular complexity index is 1270. The van der Waals surface area contributed by atoms with Gasteiger partial charge in [-0.25, -0.2) is 4.98 Å². The van der Waals surface area contributed by atoms with Crippen molar-refractivity contribution in [1.29, 1.82) is 0 Å². The lowest BCUT2D eigenvalue weighted by atomic mass is 10.0. The number of likely N-dealkylation sites (tertiary alicyclic amines) is 1. The smallest absolute Gasteiger partial charge is 0.220 e. The molecule has 9 nitrogen and oxygen atoms in total. The largest absolute Gasteiger partial charge is 0.488 e. The molecule has 1 aliphatic carbocycles. The quantitative estimate of drug-likeness (QED) is 0.548. The molecular weight excluding hydrogens is 456 g/mol. The molecule has 4 fully saturated rings. The third kappa shape index (κ3) is 4.08. The standard InChI is InChI=1S/C27H34N6O3/c1-17(19-10-26(34)28-11-19)36-25-9-18(8-24-27(25)32(16-29-24)21-2-3-21)20-12-30-33(13-20)22-4-6-31(7-5-22)23-14-35-15-23/h8-9,12-13,16-17,19,21-23H,2-7,10-11,14-15H2,1H3,(H,28,34)/t17-,19-/m1/s1. The molecule has 5 heterocycles. The Morgan fingerprint density at radius 3 is 2.61 bits per heavy atom. The number of benzene rings is 1. The Morgan fingerprint density at radius 1 is 1.08 bits per heavy atom. The van der Waals surface area contributed by atoms with Crippen molar-refractivity contribution in [2.45, 2.75) is 63.3 Å². The third-order valence-electron chi connectivity index (χ3n) is 8.51. The Morgan fingerprint density at radius 2 is 1.92 bits per heavy atom. The van der Waals surface area contributed by atoms with Crippen molar-refractivity contribution < 1.29 is 14.3 Å². The minimum atomic E-state index is -0.0704. The third-order valence-corrected chi connectivity index (χ3v) is 8.51. The van der Waals surface area contributed by atoms with E-state index in [1.54, 1.807) is 0 Å². The molecule has 2 aromatic heterocycles. The van der Waals surface area contributed by atoms with E-state index in [0.717, 1.165) is 67.1 Å². The summed E-state index contributed by atoms with van der Waals surface area (Å²) in [7, 11) is 0. The normalized spacial score (nSPS) is 24.7. The van der Waals surface area contributed by atoms with E-state index in [9.17, 15) is 4.79 Å². The molecule has 4 aliphatic rings. The van der Waals surface area contributed by atoms with Gasteiger partial charge < -0.3 is 19.4 Å². The van der Waals surface area contributed by atoms with Crippen LogP contribution in [0.4, 0.5) is 0 Å². The highest BCUT2D eigenvalue weighted by molar-refractivity contribution is 5.88. The molecular formula is C27H34N6O3. The van der Waals surface area contributed by atoms with E-state index in [2.05, 4.69) is 44.7 Å². The fraction of sp³-hybridized carbons (Fsp3) is 0.593. The summed E-state index contributed by atoms with van der Waals surface area (Å²) in [6.45, 7) is 6.71. The van der Waals surface area contributed by atoms with Gasteiger partial charge in [0.25, 0.3) is 0 Å². The van der Waals surface area contributed by atoms with Crippen LogP contribution in [0.25, 0.3) is 22.2 Å². The van der Waals surface area contributed by atoms with Crippen molar-refractivity contribution in [2.24, 2.45) is 5.92 Å². The van der Waals surface area contributed by atoms with E-state index in [1.807, 2.05) is 12.5 Å². The van der Waals surface area contributed by atoms with Crippen LogP contribution in [0, 0.1) is 5.92 Å². The summed E-state index contributed by atoms with van der Waals surface area (Å²) >= 11 is 0. The topological polar surface area (TPSA) is 86.4 Å². The summed E-state index contributed by atoms with van der Waals surface area (Å²) in [4.78, 5) is 19.1. The van der Waals surface area contributed by atoms with Crippen molar-refractivity contribution in [2.75, 3.05) is 32.8 Å². The second-order valence-corrected chi connectivity index (χ2v) is 11.0. The van der Waals surface area contributed by atoms with Crippen LogP contribution in [0.3, 0.4) is 0 Å². The molecule has 0 radical (unpaired) electrons. The average Bonchev–Trinajstić information content (AvgIpc) is 3.22. The van der Waals surface area contributed by atoms with Crippen molar-refractivity contribution in [3.05, 3.63) is 30.9 Å². The van der Waals surface area contributed by atoms with Crippen LogP contribution in [0.2, 0.25) is 0 Å². The minimum Gasteiger partial charge on any atom is -0.488 e. The van der Waals surface area contributed by atoms with Crippen molar-refractivity contribution in [3.63, 3.8) is 0 Å². The van der Waals surface area contributed by atoms with Gasteiger partial charge in [-0.3, -0.25) is 14.4 Å². The molecule has 0 unspecified atom stereocenters. The Balaban J connectivity index is 1.15. The van der Waals surface area contributed by atoms with E-state index < -0.39 is 0 Å². The summed E-state index contributed by atoms with van der Waals surface area (Å²) in [5.41, 5.74) is 4.17. The first kappa shape index (κ1) is 22.3. The molecule has 3 aliphatic heterocycles. The second-order valence-electron chi connectivity index (χ2n) is 11.0. The maximum absolute atomic E-state index is 11.8. The number of amides is 1. The summed E-state index contributed by atoms with van der Waals surface area (Å²) in [5.74, 6) is 1.13. The molecule has 1 saturated carbocycles. The molecule has 3 saturated heterocycles. The summed E-state index contributed by atoms with van der Waals surface area (Å²) in [5, 5.41) is 7.70. The predicted octanol–water partition coefficient (Wildman–Crippen LogP) is 3.17. The Labute approximate surface area is 210 Å². The number of carbonyl (C=O) groups is 1. The average molecular weight is 491 g/mol. The molecule has 9 heteroatoms. The van der Waals surface area contributed by atoms with Gasteiger partial charge in [-0.05, 0) is 50.3 Å². The van der Waals surface area contributed by atoms with Gasteiger partial charge in [0.15, 0.2) is 0 Å². The highest BCUT2D eigenvalue weighted by atomic mass is 16.5. The van der Waals surface area contributed by atoms with Gasteiger partial charge in [0.05, 0.1) is 43.3 Å². The number of ether oxygens (including phenoxy) is 2. The zero-order chi connectivity index (χ0) is 24.2. The van der Waals surface area contributed by atoms with Crippen LogP contribution < -0.4 is 10.1 Å². The SMILES string of the molecule is C[C@@H](Oc1cc(-c2cnn(C3CCN(C4COC4)CC3)c2)cc2ncn(C3CC3)c12)[C@H]1CNC(=O)C1. The highest BCUT2D eigenvalue weighted by Gasteiger charge is 2.32. The molecule has 7 rings (SSSR count). The maximum Gasteiger partial charge on any atom is 0.220 e. The van der Waals surface area contributed by atoms with E-state index in [1.165, 1.54) is 12.8 Å². The predicted molar refractivity (Wildman–Crippen MR) is 135 cm³/mol. The van der Waals surface area contributed by atoms with Gasteiger partial charge in [0.2, 0.25) is 5.91 Å². The van der Waals surface area contributed by atoms with Gasteiger partial charge in [-0.15, -0.1) is 0 Å². The molecule has 190 valence electrons. The molecule has 2 atom stereocenters. The molecule has 1 N–H and O–H groups in total. The number of hydrogen-bond acceptors (Lipinski definition) is 6. The Hall–Kier alpha value is -2.91. The van der Waals surface area contributed by atoms with E-state index in [4.69, 9.17) is 19.6 Å². The molecule has 0 spiro atoms. The molecule has 36 heavy (non-hydrogen) atoms. The first-order valence-corrected chi connectivity index (χ1v) is 13.4. The number of piperidine rings is 1. The molecule has 1 aromatic carbocycles. The van der Waals surface area contributed by atoms with E-state index in [-0.39, 0.29) is 17.9 Å². The summed E-state index contributed by atoms with van der Waals surface area (Å²) in [6, 6.07) is 5.85. The van der Waals surface area contributed by atoms with E-state index in [0.29, 0.717) is 31.1 Å². The lowest BCUT2D eigenvalue weighted by Gasteiger charge is -2.41. The summed E-state index contributed by atoms with van der Waals surface area (Å²) in [6.07, 6.45) is 11.1.